The predicted molar refractivity (Wildman–Crippen MR) is 134 cm³/mol. The number of amides is 1. The van der Waals surface area contributed by atoms with Gasteiger partial charge in [-0.25, -0.2) is 8.42 Å². The van der Waals surface area contributed by atoms with Crippen LogP contribution in [0.5, 0.6) is 0 Å². The van der Waals surface area contributed by atoms with Crippen molar-refractivity contribution in [2.24, 2.45) is 0 Å². The molecule has 2 saturated heterocycles. The molecule has 1 amide bonds. The molecule has 2 aliphatic rings. The third-order valence-electron chi connectivity index (χ3n) is 6.33. The van der Waals surface area contributed by atoms with Crippen LogP contribution in [0.4, 0.5) is 11.4 Å². The van der Waals surface area contributed by atoms with Gasteiger partial charge in [-0.05, 0) is 54.7 Å². The van der Waals surface area contributed by atoms with Gasteiger partial charge in [0.2, 0.25) is 0 Å². The molecule has 2 heterocycles. The molecule has 2 aromatic carbocycles. The Morgan fingerprint density at radius 3 is 2.53 bits per heavy atom. The lowest BCUT2D eigenvalue weighted by Gasteiger charge is -2.31. The molecule has 1 unspecified atom stereocenters. The Labute approximate surface area is 202 Å². The molecule has 0 aromatic heterocycles. The number of nitrogens with zero attached hydrogens (tertiary/aromatic N) is 1. The van der Waals surface area contributed by atoms with E-state index in [0.717, 1.165) is 56.9 Å². The SMILES string of the molecule is CC(C)c1ccc(S(=O)(=O)Nc2cc(C(=O)NCC3CCCO3)ccc2N2CCNCC2)cc1. The van der Waals surface area contributed by atoms with E-state index in [2.05, 4.69) is 34.1 Å². The van der Waals surface area contributed by atoms with Gasteiger partial charge in [0, 0.05) is 44.9 Å². The highest BCUT2D eigenvalue weighted by Gasteiger charge is 2.22. The fourth-order valence-corrected chi connectivity index (χ4v) is 5.36. The normalized spacial score (nSPS) is 18.8. The Kier molecular flexibility index (Phi) is 7.75. The second-order valence-electron chi connectivity index (χ2n) is 9.14. The van der Waals surface area contributed by atoms with Crippen molar-refractivity contribution < 1.29 is 17.9 Å². The standard InChI is InChI=1S/C25H34N4O4S/c1-18(2)19-5-8-22(9-6-19)34(31,32)28-23-16-20(25(30)27-17-21-4-3-15-33-21)7-10-24(23)29-13-11-26-12-14-29/h5-10,16,18,21,26,28H,3-4,11-15,17H2,1-2H3,(H,27,30). The number of nitrogens with one attached hydrogen (secondary N) is 3. The summed E-state index contributed by atoms with van der Waals surface area (Å²) < 4.78 is 34.8. The molecule has 0 radical (unpaired) electrons. The van der Waals surface area contributed by atoms with Crippen LogP contribution in [0.1, 0.15) is 48.5 Å². The molecule has 4 rings (SSSR count). The van der Waals surface area contributed by atoms with Gasteiger partial charge in [0.1, 0.15) is 0 Å². The van der Waals surface area contributed by atoms with Crippen molar-refractivity contribution >= 4 is 27.3 Å². The summed E-state index contributed by atoms with van der Waals surface area (Å²) in [6.45, 7) is 8.43. The molecule has 184 valence electrons. The Morgan fingerprint density at radius 1 is 1.15 bits per heavy atom. The maximum absolute atomic E-state index is 13.2. The van der Waals surface area contributed by atoms with Gasteiger partial charge in [0.15, 0.2) is 0 Å². The lowest BCUT2D eigenvalue weighted by molar-refractivity contribution is 0.0858. The predicted octanol–water partition coefficient (Wildman–Crippen LogP) is 2.93. The molecule has 2 aromatic rings. The van der Waals surface area contributed by atoms with Crippen LogP contribution in [0.15, 0.2) is 47.4 Å². The first-order chi connectivity index (χ1) is 16.3. The number of hydrogen-bond acceptors (Lipinski definition) is 6. The van der Waals surface area contributed by atoms with Gasteiger partial charge in [0.25, 0.3) is 15.9 Å². The lowest BCUT2D eigenvalue weighted by Crippen LogP contribution is -2.43. The van der Waals surface area contributed by atoms with Crippen LogP contribution in [-0.4, -0.2) is 59.8 Å². The maximum atomic E-state index is 13.2. The van der Waals surface area contributed by atoms with Crippen molar-refractivity contribution in [3.8, 4) is 0 Å². The summed E-state index contributed by atoms with van der Waals surface area (Å²) in [7, 11) is -3.83. The van der Waals surface area contributed by atoms with E-state index in [9.17, 15) is 13.2 Å². The minimum absolute atomic E-state index is 0.0378. The number of piperazine rings is 1. The van der Waals surface area contributed by atoms with Crippen molar-refractivity contribution in [1.29, 1.82) is 0 Å². The second-order valence-corrected chi connectivity index (χ2v) is 10.8. The average Bonchev–Trinajstić information content (AvgIpc) is 3.36. The Balaban J connectivity index is 1.59. The fraction of sp³-hybridized carbons (Fsp3) is 0.480. The first kappa shape index (κ1) is 24.5. The average molecular weight is 487 g/mol. The maximum Gasteiger partial charge on any atom is 0.261 e. The number of sulfonamides is 1. The highest BCUT2D eigenvalue weighted by molar-refractivity contribution is 7.92. The quantitative estimate of drug-likeness (QED) is 0.531. The molecule has 2 aliphatic heterocycles. The zero-order valence-corrected chi connectivity index (χ0v) is 20.7. The number of ether oxygens (including phenoxy) is 1. The molecular weight excluding hydrogens is 452 g/mol. The van der Waals surface area contributed by atoms with Crippen molar-refractivity contribution in [2.45, 2.75) is 43.6 Å². The van der Waals surface area contributed by atoms with Crippen LogP contribution < -0.4 is 20.3 Å². The van der Waals surface area contributed by atoms with E-state index in [0.29, 0.717) is 23.7 Å². The highest BCUT2D eigenvalue weighted by atomic mass is 32.2. The Morgan fingerprint density at radius 2 is 1.88 bits per heavy atom. The summed E-state index contributed by atoms with van der Waals surface area (Å²) in [5, 5.41) is 6.22. The minimum atomic E-state index is -3.83. The number of anilines is 2. The molecule has 8 nitrogen and oxygen atoms in total. The number of rotatable bonds is 8. The van der Waals surface area contributed by atoms with Gasteiger partial charge in [0.05, 0.1) is 22.4 Å². The third kappa shape index (κ3) is 5.89. The van der Waals surface area contributed by atoms with E-state index in [1.165, 1.54) is 0 Å². The van der Waals surface area contributed by atoms with Gasteiger partial charge >= 0.3 is 0 Å². The van der Waals surface area contributed by atoms with Crippen LogP contribution in [0.25, 0.3) is 0 Å². The molecule has 0 aliphatic carbocycles. The van der Waals surface area contributed by atoms with Crippen LogP contribution in [0.3, 0.4) is 0 Å². The van der Waals surface area contributed by atoms with Gasteiger partial charge in [-0.1, -0.05) is 26.0 Å². The van der Waals surface area contributed by atoms with Crippen molar-refractivity contribution in [3.05, 3.63) is 53.6 Å². The number of carbonyl (C=O) groups is 1. The summed E-state index contributed by atoms with van der Waals surface area (Å²) in [4.78, 5) is 15.1. The molecule has 9 heteroatoms. The highest BCUT2D eigenvalue weighted by Crippen LogP contribution is 2.30. The largest absolute Gasteiger partial charge is 0.376 e. The van der Waals surface area contributed by atoms with Crippen molar-refractivity contribution in [2.75, 3.05) is 49.0 Å². The van der Waals surface area contributed by atoms with E-state index >= 15 is 0 Å². The zero-order valence-electron chi connectivity index (χ0n) is 19.8. The van der Waals surface area contributed by atoms with Gasteiger partial charge in [-0.2, -0.15) is 0 Å². The van der Waals surface area contributed by atoms with Gasteiger partial charge in [-0.15, -0.1) is 0 Å². The number of benzene rings is 2. The van der Waals surface area contributed by atoms with Gasteiger partial charge < -0.3 is 20.3 Å². The van der Waals surface area contributed by atoms with Crippen LogP contribution >= 0.6 is 0 Å². The number of hydrogen-bond donors (Lipinski definition) is 3. The fourth-order valence-electron chi connectivity index (χ4n) is 4.29. The Hall–Kier alpha value is -2.62. The molecule has 0 bridgehead atoms. The number of carbonyl (C=O) groups excluding carboxylic acids is 1. The molecule has 3 N–H and O–H groups in total. The van der Waals surface area contributed by atoms with E-state index in [1.54, 1.807) is 24.3 Å². The van der Waals surface area contributed by atoms with Gasteiger partial charge in [-0.3, -0.25) is 9.52 Å². The first-order valence-corrected chi connectivity index (χ1v) is 13.4. The molecule has 0 spiro atoms. The summed E-state index contributed by atoms with van der Waals surface area (Å²) in [5.74, 6) is 0.0675. The summed E-state index contributed by atoms with van der Waals surface area (Å²) in [6.07, 6.45) is 1.98. The Bertz CT molecular complexity index is 1090. The zero-order chi connectivity index (χ0) is 24.1. The third-order valence-corrected chi connectivity index (χ3v) is 7.71. The summed E-state index contributed by atoms with van der Waals surface area (Å²) in [6, 6.07) is 12.1. The van der Waals surface area contributed by atoms with E-state index < -0.39 is 10.0 Å². The minimum Gasteiger partial charge on any atom is -0.376 e. The summed E-state index contributed by atoms with van der Waals surface area (Å²) in [5.41, 5.74) is 2.65. The van der Waals surface area contributed by atoms with E-state index in [-0.39, 0.29) is 16.9 Å². The monoisotopic (exact) mass is 486 g/mol. The van der Waals surface area contributed by atoms with E-state index in [1.807, 2.05) is 18.2 Å². The molecular formula is C25H34N4O4S. The van der Waals surface area contributed by atoms with Crippen molar-refractivity contribution in [3.63, 3.8) is 0 Å². The summed E-state index contributed by atoms with van der Waals surface area (Å²) >= 11 is 0. The molecule has 0 saturated carbocycles. The van der Waals surface area contributed by atoms with Crippen LogP contribution in [0.2, 0.25) is 0 Å². The smallest absolute Gasteiger partial charge is 0.261 e. The molecule has 2 fully saturated rings. The van der Waals surface area contributed by atoms with Crippen LogP contribution in [-0.2, 0) is 14.8 Å². The van der Waals surface area contributed by atoms with Crippen LogP contribution in [0, 0.1) is 0 Å². The topological polar surface area (TPSA) is 99.8 Å². The molecule has 34 heavy (non-hydrogen) atoms. The lowest BCUT2D eigenvalue weighted by atomic mass is 10.0. The van der Waals surface area contributed by atoms with Crippen molar-refractivity contribution in [1.82, 2.24) is 10.6 Å². The first-order valence-electron chi connectivity index (χ1n) is 12.0. The second kappa shape index (κ2) is 10.8. The molecule has 1 atom stereocenters. The van der Waals surface area contributed by atoms with E-state index in [4.69, 9.17) is 4.74 Å².